The molecule has 0 fully saturated rings. The number of rotatable bonds is 5. The van der Waals surface area contributed by atoms with E-state index in [-0.39, 0.29) is 19.1 Å². The summed E-state index contributed by atoms with van der Waals surface area (Å²) in [5.74, 6) is -0.318. The summed E-state index contributed by atoms with van der Waals surface area (Å²) < 4.78 is 0. The molecule has 7 heteroatoms. The molecule has 0 bridgehead atoms. The largest absolute Gasteiger partial charge is 0.738 e. The van der Waals surface area contributed by atoms with E-state index in [1.807, 2.05) is 0 Å². The van der Waals surface area contributed by atoms with Crippen molar-refractivity contribution in [3.8, 4) is 0 Å². The van der Waals surface area contributed by atoms with Crippen molar-refractivity contribution in [2.24, 2.45) is 0 Å². The van der Waals surface area contributed by atoms with Crippen molar-refractivity contribution >= 4 is 5.91 Å². The number of aromatic nitrogens is 1. The van der Waals surface area contributed by atoms with Gasteiger partial charge < -0.3 is 15.7 Å². The molecule has 2 N–H and O–H groups in total. The van der Waals surface area contributed by atoms with E-state index < -0.39 is 5.39 Å². The van der Waals surface area contributed by atoms with Gasteiger partial charge in [0.2, 0.25) is 0 Å². The number of hydrogen-bond donors (Lipinski definition) is 2. The van der Waals surface area contributed by atoms with Crippen LogP contribution in [0.15, 0.2) is 24.5 Å². The lowest BCUT2D eigenvalue weighted by atomic mass is 10.3. The molecule has 0 atom stereocenters. The fraction of sp³-hybridized carbons (Fsp3) is 0.250. The maximum atomic E-state index is 11.3. The molecule has 0 saturated heterocycles. The smallest absolute Gasteiger partial charge is 0.252 e. The zero-order valence-electron chi connectivity index (χ0n) is 7.79. The molecule has 0 aliphatic carbocycles. The Kier molecular flexibility index (Phi) is 4.64. The van der Waals surface area contributed by atoms with Gasteiger partial charge in [-0.3, -0.25) is 14.6 Å². The molecule has 1 rings (SSSR count). The molecule has 15 heavy (non-hydrogen) atoms. The Morgan fingerprint density at radius 2 is 2.53 bits per heavy atom. The molecule has 1 heterocycles. The molecule has 0 aliphatic rings. The van der Waals surface area contributed by atoms with Gasteiger partial charge in [-0.05, 0) is 12.1 Å². The third-order valence-electron chi connectivity index (χ3n) is 1.51. The lowest BCUT2D eigenvalue weighted by Gasteiger charge is -2.17. The summed E-state index contributed by atoms with van der Waals surface area (Å²) in [7, 11) is 0. The molecule has 0 aliphatic heterocycles. The first-order valence-corrected chi connectivity index (χ1v) is 4.17. The number of carbonyl (C=O) groups is 1. The van der Waals surface area contributed by atoms with E-state index in [2.05, 4.69) is 15.1 Å². The van der Waals surface area contributed by atoms with Crippen LogP contribution < -0.4 is 5.32 Å². The van der Waals surface area contributed by atoms with Gasteiger partial charge >= 0.3 is 0 Å². The highest BCUT2D eigenvalue weighted by atomic mass is 17.1. The van der Waals surface area contributed by atoms with Gasteiger partial charge in [0.25, 0.3) is 5.91 Å². The molecule has 7 nitrogen and oxygen atoms in total. The summed E-state index contributed by atoms with van der Waals surface area (Å²) in [6.07, 6.45) is 2.98. The van der Waals surface area contributed by atoms with Crippen LogP contribution in [0.2, 0.25) is 0 Å². The van der Waals surface area contributed by atoms with E-state index in [0.29, 0.717) is 5.56 Å². The highest BCUT2D eigenvalue weighted by molar-refractivity contribution is 5.93. The molecule has 0 spiro atoms. The van der Waals surface area contributed by atoms with Crippen molar-refractivity contribution in [2.45, 2.75) is 0 Å². The maximum absolute atomic E-state index is 11.3. The van der Waals surface area contributed by atoms with Crippen molar-refractivity contribution in [2.75, 3.05) is 13.2 Å². The van der Waals surface area contributed by atoms with Crippen LogP contribution in [-0.2, 0) is 4.84 Å². The lowest BCUT2D eigenvalue weighted by Crippen LogP contribution is -2.29. The number of pyridine rings is 1. The standard InChI is InChI=1S/C8H10N3O4/c12-8(7-2-1-3-9-6-7)10-4-5-15-11(13)14/h1-3,6,13H,4-5H2,(H,10,12)/q-1. The summed E-state index contributed by atoms with van der Waals surface area (Å²) in [4.78, 5) is 19.2. The van der Waals surface area contributed by atoms with Crippen LogP contribution in [-0.4, -0.2) is 34.6 Å². The van der Waals surface area contributed by atoms with E-state index in [4.69, 9.17) is 5.21 Å². The Balaban J connectivity index is 2.25. The van der Waals surface area contributed by atoms with Gasteiger partial charge in [-0.25, -0.2) is 0 Å². The zero-order valence-corrected chi connectivity index (χ0v) is 7.79. The molecule has 82 valence electrons. The fourth-order valence-corrected chi connectivity index (χ4v) is 0.887. The number of hydrogen-bond acceptors (Lipinski definition) is 6. The topological polar surface area (TPSA) is 97.8 Å². The highest BCUT2D eigenvalue weighted by Gasteiger charge is 2.03. The molecule has 1 aromatic heterocycles. The van der Waals surface area contributed by atoms with Crippen LogP contribution in [0.25, 0.3) is 0 Å². The van der Waals surface area contributed by atoms with Crippen LogP contribution in [0.1, 0.15) is 10.4 Å². The maximum Gasteiger partial charge on any atom is 0.252 e. The molecule has 1 aromatic rings. The third kappa shape index (κ3) is 4.47. The van der Waals surface area contributed by atoms with E-state index in [0.717, 1.165) is 0 Å². The highest BCUT2D eigenvalue weighted by Crippen LogP contribution is 1.94. The summed E-state index contributed by atoms with van der Waals surface area (Å²) in [6.45, 7) is 0.0129. The second-order valence-corrected chi connectivity index (χ2v) is 2.57. The summed E-state index contributed by atoms with van der Waals surface area (Å²) in [5, 5.41) is 19.8. The molecular formula is C8H10N3O4-. The van der Waals surface area contributed by atoms with Gasteiger partial charge in [0.1, 0.15) is 0 Å². The Labute approximate surface area is 85.8 Å². The Morgan fingerprint density at radius 1 is 1.73 bits per heavy atom. The summed E-state index contributed by atoms with van der Waals surface area (Å²) in [6, 6.07) is 3.24. The van der Waals surface area contributed by atoms with E-state index in [1.165, 1.54) is 6.20 Å². The summed E-state index contributed by atoms with van der Waals surface area (Å²) >= 11 is 0. The fourth-order valence-electron chi connectivity index (χ4n) is 0.887. The van der Waals surface area contributed by atoms with Crippen LogP contribution in [0, 0.1) is 5.21 Å². The van der Waals surface area contributed by atoms with E-state index in [9.17, 15) is 10.0 Å². The van der Waals surface area contributed by atoms with Crippen LogP contribution in [0.5, 0.6) is 0 Å². The van der Waals surface area contributed by atoms with Gasteiger partial charge in [0.15, 0.2) is 0 Å². The molecular weight excluding hydrogens is 202 g/mol. The monoisotopic (exact) mass is 212 g/mol. The van der Waals surface area contributed by atoms with Crippen molar-refractivity contribution in [1.82, 2.24) is 15.7 Å². The minimum absolute atomic E-state index is 0.105. The van der Waals surface area contributed by atoms with Gasteiger partial charge in [-0.2, -0.15) is 0 Å². The van der Waals surface area contributed by atoms with Crippen LogP contribution >= 0.6 is 0 Å². The van der Waals surface area contributed by atoms with Crippen molar-refractivity contribution in [3.05, 3.63) is 35.3 Å². The first-order valence-electron chi connectivity index (χ1n) is 4.17. The van der Waals surface area contributed by atoms with Crippen molar-refractivity contribution < 1.29 is 14.8 Å². The second-order valence-electron chi connectivity index (χ2n) is 2.57. The molecule has 0 saturated carbocycles. The normalized spacial score (nSPS) is 10.3. The number of nitrogens with zero attached hydrogens (tertiary/aromatic N) is 2. The Hall–Kier alpha value is -1.54. The second kappa shape index (κ2) is 6.04. The SMILES string of the molecule is O=C(NCCON([O-])O)c1cccnc1. The van der Waals surface area contributed by atoms with Crippen molar-refractivity contribution in [3.63, 3.8) is 0 Å². The minimum Gasteiger partial charge on any atom is -0.738 e. The van der Waals surface area contributed by atoms with Gasteiger partial charge in [-0.15, -0.1) is 5.39 Å². The Morgan fingerprint density at radius 3 is 3.13 bits per heavy atom. The first kappa shape index (κ1) is 11.5. The number of carbonyl (C=O) groups excluding carboxylic acids is 1. The van der Waals surface area contributed by atoms with Gasteiger partial charge in [0.05, 0.1) is 12.2 Å². The number of nitrogens with one attached hydrogen (secondary N) is 1. The molecule has 0 radical (unpaired) electrons. The molecule has 0 aromatic carbocycles. The molecule has 1 amide bonds. The molecule has 0 unspecified atom stereocenters. The van der Waals surface area contributed by atoms with E-state index >= 15 is 0 Å². The summed E-state index contributed by atoms with van der Waals surface area (Å²) in [5.41, 5.74) is 0.417. The van der Waals surface area contributed by atoms with Crippen molar-refractivity contribution in [1.29, 1.82) is 0 Å². The third-order valence-corrected chi connectivity index (χ3v) is 1.51. The average molecular weight is 212 g/mol. The predicted molar refractivity (Wildman–Crippen MR) is 49.5 cm³/mol. The van der Waals surface area contributed by atoms with E-state index in [1.54, 1.807) is 18.3 Å². The lowest BCUT2D eigenvalue weighted by molar-refractivity contribution is -0.303. The average Bonchev–Trinajstić information content (AvgIpc) is 2.25. The minimum atomic E-state index is -0.657. The Bertz CT molecular complexity index is 304. The van der Waals surface area contributed by atoms with Gasteiger partial charge in [0, 0.05) is 18.9 Å². The number of amides is 1. The quantitative estimate of drug-likeness (QED) is 0.523. The predicted octanol–water partition coefficient (Wildman–Crippen LogP) is -0.0680. The van der Waals surface area contributed by atoms with Crippen LogP contribution in [0.3, 0.4) is 0 Å². The zero-order chi connectivity index (χ0) is 11.1. The first-order chi connectivity index (χ1) is 7.20. The van der Waals surface area contributed by atoms with Gasteiger partial charge in [-0.1, -0.05) is 0 Å². The van der Waals surface area contributed by atoms with Crippen LogP contribution in [0.4, 0.5) is 0 Å².